The molecule has 1 saturated heterocycles. The highest BCUT2D eigenvalue weighted by Gasteiger charge is 2.24. The van der Waals surface area contributed by atoms with Crippen molar-refractivity contribution in [2.45, 2.75) is 38.0 Å². The molecule has 6 heteroatoms. The second-order valence-corrected chi connectivity index (χ2v) is 5.85. The quantitative estimate of drug-likeness (QED) is 0.839. The molecule has 1 fully saturated rings. The van der Waals surface area contributed by atoms with Gasteiger partial charge in [-0.2, -0.15) is 0 Å². The third-order valence-electron chi connectivity index (χ3n) is 4.18. The van der Waals surface area contributed by atoms with Crippen LogP contribution in [-0.4, -0.2) is 46.0 Å². The Morgan fingerprint density at radius 2 is 1.78 bits per heavy atom. The number of hydrogen-bond acceptors (Lipinski definition) is 3. The van der Waals surface area contributed by atoms with E-state index in [1.165, 1.54) is 0 Å². The average molecular weight is 319 g/mol. The average Bonchev–Trinajstić information content (AvgIpc) is 2.54. The molecular formula is C17H21NO5. The van der Waals surface area contributed by atoms with Gasteiger partial charge in [-0.15, -0.1) is 0 Å². The minimum Gasteiger partial charge on any atom is -0.481 e. The first kappa shape index (κ1) is 17.0. The molecule has 0 bridgehead atoms. The molecule has 0 radical (unpaired) electrons. The van der Waals surface area contributed by atoms with Crippen LogP contribution in [0.25, 0.3) is 0 Å². The number of hydrogen-bond donors (Lipinski definition) is 2. The number of likely N-dealkylation sites (tertiary alicyclic amines) is 1. The number of carbonyl (C=O) groups excluding carboxylic acids is 1. The lowest BCUT2D eigenvalue weighted by Gasteiger charge is -2.33. The van der Waals surface area contributed by atoms with Gasteiger partial charge in [0.25, 0.3) is 0 Å². The summed E-state index contributed by atoms with van der Waals surface area (Å²) in [4.78, 5) is 35.3. The van der Waals surface area contributed by atoms with Crippen LogP contribution in [0, 0.1) is 0 Å². The van der Waals surface area contributed by atoms with E-state index in [0.29, 0.717) is 19.5 Å². The number of rotatable bonds is 6. The second kappa shape index (κ2) is 7.76. The van der Waals surface area contributed by atoms with Gasteiger partial charge in [0.05, 0.1) is 5.56 Å². The fourth-order valence-corrected chi connectivity index (χ4v) is 2.92. The van der Waals surface area contributed by atoms with Crippen molar-refractivity contribution in [1.82, 2.24) is 4.90 Å². The number of benzene rings is 1. The lowest BCUT2D eigenvalue weighted by molar-refractivity contribution is -0.137. The van der Waals surface area contributed by atoms with Gasteiger partial charge in [-0.25, -0.2) is 4.79 Å². The minimum absolute atomic E-state index is 0.00175. The highest BCUT2D eigenvalue weighted by Crippen LogP contribution is 2.27. The minimum atomic E-state index is -0.949. The zero-order valence-corrected chi connectivity index (χ0v) is 12.9. The van der Waals surface area contributed by atoms with E-state index in [4.69, 9.17) is 10.2 Å². The van der Waals surface area contributed by atoms with Crippen molar-refractivity contribution in [1.29, 1.82) is 0 Å². The van der Waals surface area contributed by atoms with Gasteiger partial charge in [-0.1, -0.05) is 12.1 Å². The van der Waals surface area contributed by atoms with Crippen molar-refractivity contribution in [3.05, 3.63) is 35.4 Å². The molecule has 0 unspecified atom stereocenters. The van der Waals surface area contributed by atoms with Crippen LogP contribution in [0.4, 0.5) is 0 Å². The molecule has 1 aliphatic heterocycles. The van der Waals surface area contributed by atoms with E-state index in [1.807, 2.05) is 12.1 Å². The number of aromatic carboxylic acids is 1. The summed E-state index contributed by atoms with van der Waals surface area (Å²) in [5, 5.41) is 17.5. The lowest BCUT2D eigenvalue weighted by Crippen LogP contribution is -2.39. The number of piperidine rings is 1. The number of carboxylic acids is 2. The van der Waals surface area contributed by atoms with Crippen molar-refractivity contribution in [3.63, 3.8) is 0 Å². The van der Waals surface area contributed by atoms with Crippen LogP contribution in [-0.2, 0) is 9.59 Å². The van der Waals surface area contributed by atoms with Crippen LogP contribution in [0.15, 0.2) is 24.3 Å². The standard InChI is InChI=1S/C17H21NO5/c19-15(4-1-5-16(20)21)18-10-2-3-14(11-18)12-6-8-13(9-7-12)17(22)23/h6-9,14H,1-5,10-11H2,(H,20,21)(H,22,23)/t14-/m1/s1. The first-order valence-corrected chi connectivity index (χ1v) is 7.80. The molecule has 0 saturated carbocycles. The van der Waals surface area contributed by atoms with Crippen molar-refractivity contribution < 1.29 is 24.6 Å². The summed E-state index contributed by atoms with van der Waals surface area (Å²) in [5.41, 5.74) is 1.30. The Balaban J connectivity index is 1.93. The molecule has 1 aromatic rings. The molecule has 1 aliphatic rings. The van der Waals surface area contributed by atoms with Crippen LogP contribution in [0.3, 0.4) is 0 Å². The Kier molecular flexibility index (Phi) is 5.73. The molecule has 0 spiro atoms. The maximum atomic E-state index is 12.2. The van der Waals surface area contributed by atoms with E-state index in [0.717, 1.165) is 18.4 Å². The van der Waals surface area contributed by atoms with E-state index in [-0.39, 0.29) is 30.2 Å². The van der Waals surface area contributed by atoms with E-state index >= 15 is 0 Å². The summed E-state index contributed by atoms with van der Waals surface area (Å²) in [6.45, 7) is 1.31. The fraction of sp³-hybridized carbons (Fsp3) is 0.471. The summed E-state index contributed by atoms with van der Waals surface area (Å²) in [6, 6.07) is 6.80. The van der Waals surface area contributed by atoms with Crippen LogP contribution in [0.1, 0.15) is 53.9 Å². The number of nitrogens with zero attached hydrogens (tertiary/aromatic N) is 1. The van der Waals surface area contributed by atoms with Crippen LogP contribution >= 0.6 is 0 Å². The number of aliphatic carboxylic acids is 1. The Bertz CT molecular complexity index is 581. The summed E-state index contributed by atoms with van der Waals surface area (Å²) < 4.78 is 0. The van der Waals surface area contributed by atoms with Gasteiger partial charge < -0.3 is 15.1 Å². The molecule has 0 aromatic heterocycles. The van der Waals surface area contributed by atoms with Crippen LogP contribution in [0.5, 0.6) is 0 Å². The van der Waals surface area contributed by atoms with Gasteiger partial charge in [0, 0.05) is 31.8 Å². The van der Waals surface area contributed by atoms with Crippen molar-refractivity contribution in [2.24, 2.45) is 0 Å². The van der Waals surface area contributed by atoms with E-state index in [2.05, 4.69) is 0 Å². The largest absolute Gasteiger partial charge is 0.481 e. The number of amides is 1. The van der Waals surface area contributed by atoms with E-state index in [1.54, 1.807) is 17.0 Å². The molecule has 1 aromatic carbocycles. The second-order valence-electron chi connectivity index (χ2n) is 5.85. The topological polar surface area (TPSA) is 94.9 Å². The predicted molar refractivity (Wildman–Crippen MR) is 83.4 cm³/mol. The third kappa shape index (κ3) is 4.81. The highest BCUT2D eigenvalue weighted by molar-refractivity contribution is 5.87. The molecule has 2 rings (SSSR count). The maximum Gasteiger partial charge on any atom is 0.335 e. The molecule has 2 N–H and O–H groups in total. The van der Waals surface area contributed by atoms with Gasteiger partial charge in [0.1, 0.15) is 0 Å². The van der Waals surface area contributed by atoms with Crippen LogP contribution < -0.4 is 0 Å². The monoisotopic (exact) mass is 319 g/mol. The van der Waals surface area contributed by atoms with Crippen molar-refractivity contribution in [3.8, 4) is 0 Å². The van der Waals surface area contributed by atoms with E-state index in [9.17, 15) is 14.4 Å². The Morgan fingerprint density at radius 3 is 2.39 bits per heavy atom. The number of carbonyl (C=O) groups is 3. The van der Waals surface area contributed by atoms with E-state index < -0.39 is 11.9 Å². The lowest BCUT2D eigenvalue weighted by atomic mass is 9.90. The molecule has 1 atom stereocenters. The normalized spacial score (nSPS) is 17.7. The molecule has 1 heterocycles. The van der Waals surface area contributed by atoms with Gasteiger partial charge >= 0.3 is 11.9 Å². The van der Waals surface area contributed by atoms with Crippen molar-refractivity contribution >= 4 is 17.8 Å². The summed E-state index contributed by atoms with van der Waals surface area (Å²) >= 11 is 0. The van der Waals surface area contributed by atoms with Gasteiger partial charge in [0.2, 0.25) is 5.91 Å². The van der Waals surface area contributed by atoms with Gasteiger partial charge in [-0.05, 0) is 37.0 Å². The smallest absolute Gasteiger partial charge is 0.335 e. The fourth-order valence-electron chi connectivity index (χ4n) is 2.92. The Labute approximate surface area is 134 Å². The molecule has 1 amide bonds. The highest BCUT2D eigenvalue weighted by atomic mass is 16.4. The zero-order valence-electron chi connectivity index (χ0n) is 12.9. The molecular weight excluding hydrogens is 298 g/mol. The predicted octanol–water partition coefficient (Wildman–Crippen LogP) is 2.35. The van der Waals surface area contributed by atoms with Crippen molar-refractivity contribution in [2.75, 3.05) is 13.1 Å². The SMILES string of the molecule is O=C(O)CCCC(=O)N1CCC[C@@H](c2ccc(C(=O)O)cc2)C1. The zero-order chi connectivity index (χ0) is 16.8. The van der Waals surface area contributed by atoms with Gasteiger partial charge in [0.15, 0.2) is 0 Å². The number of carboxylic acid groups (broad SMARTS) is 2. The van der Waals surface area contributed by atoms with Crippen LogP contribution in [0.2, 0.25) is 0 Å². The third-order valence-corrected chi connectivity index (χ3v) is 4.18. The van der Waals surface area contributed by atoms with Gasteiger partial charge in [-0.3, -0.25) is 9.59 Å². The maximum absolute atomic E-state index is 12.2. The molecule has 23 heavy (non-hydrogen) atoms. The summed E-state index contributed by atoms with van der Waals surface area (Å²) in [5.74, 6) is -1.63. The first-order chi connectivity index (χ1) is 11.0. The molecule has 0 aliphatic carbocycles. The molecule has 124 valence electrons. The summed E-state index contributed by atoms with van der Waals surface area (Å²) in [7, 11) is 0. The first-order valence-electron chi connectivity index (χ1n) is 7.80. The summed E-state index contributed by atoms with van der Waals surface area (Å²) in [6.07, 6.45) is 2.50. The Morgan fingerprint density at radius 1 is 1.09 bits per heavy atom. The Hall–Kier alpha value is -2.37. The molecule has 6 nitrogen and oxygen atoms in total.